The molecule has 0 aromatic heterocycles. The van der Waals surface area contributed by atoms with Crippen molar-refractivity contribution in [3.05, 3.63) is 0 Å². The summed E-state index contributed by atoms with van der Waals surface area (Å²) in [6.45, 7) is 1.35. The molecule has 1 rings (SSSR count). The van der Waals surface area contributed by atoms with Gasteiger partial charge < -0.3 is 15.3 Å². The zero-order valence-corrected chi connectivity index (χ0v) is 9.10. The molecule has 1 aliphatic rings. The Hall–Kier alpha value is -1.47. The fraction of sp³-hybridized carbons (Fsp3) is 0.667. The van der Waals surface area contributed by atoms with E-state index in [0.29, 0.717) is 12.8 Å². The zero-order valence-electron chi connectivity index (χ0n) is 9.10. The van der Waals surface area contributed by atoms with Gasteiger partial charge in [-0.3, -0.25) is 19.7 Å². The normalized spacial score (nSPS) is 12.9. The molecule has 7 nitrogen and oxygen atoms in total. The van der Waals surface area contributed by atoms with Crippen molar-refractivity contribution in [3.63, 3.8) is 0 Å². The largest absolute Gasteiger partial charge is 0.481 e. The summed E-state index contributed by atoms with van der Waals surface area (Å²) in [5.74, 6) is -1.04. The molecule has 0 radical (unpaired) electrons. The summed E-state index contributed by atoms with van der Waals surface area (Å²) >= 11 is 0. The number of nitrogens with one attached hydrogen (secondary N) is 1. The Morgan fingerprint density at radius 2 is 1.50 bits per heavy atom. The molecule has 94 valence electrons. The van der Waals surface area contributed by atoms with E-state index in [0.717, 1.165) is 0 Å². The Morgan fingerprint density at radius 3 is 1.56 bits per heavy atom. The van der Waals surface area contributed by atoms with Gasteiger partial charge in [0.15, 0.2) is 0 Å². The van der Waals surface area contributed by atoms with Crippen LogP contribution in [0.5, 0.6) is 0 Å². The van der Waals surface area contributed by atoms with Crippen LogP contribution in [-0.4, -0.2) is 46.3 Å². The molecule has 0 atom stereocenters. The van der Waals surface area contributed by atoms with Gasteiger partial charge in [-0.05, 0) is 0 Å². The van der Waals surface area contributed by atoms with Crippen LogP contribution in [0, 0.1) is 0 Å². The third kappa shape index (κ3) is 15.0. The van der Waals surface area contributed by atoms with Crippen LogP contribution in [0.3, 0.4) is 0 Å². The van der Waals surface area contributed by atoms with Crippen molar-refractivity contribution in [2.75, 3.05) is 13.2 Å². The number of aliphatic hydroxyl groups excluding tert-OH is 2. The molecule has 0 aromatic carbocycles. The van der Waals surface area contributed by atoms with Crippen molar-refractivity contribution < 1.29 is 29.7 Å². The van der Waals surface area contributed by atoms with Crippen LogP contribution in [0.4, 0.5) is 0 Å². The first-order chi connectivity index (χ1) is 7.47. The van der Waals surface area contributed by atoms with Crippen molar-refractivity contribution >= 4 is 17.8 Å². The van der Waals surface area contributed by atoms with E-state index in [1.807, 2.05) is 0 Å². The van der Waals surface area contributed by atoms with Crippen LogP contribution in [0.1, 0.15) is 26.2 Å². The van der Waals surface area contributed by atoms with Gasteiger partial charge in [0.2, 0.25) is 11.8 Å². The van der Waals surface area contributed by atoms with Gasteiger partial charge >= 0.3 is 5.97 Å². The van der Waals surface area contributed by atoms with Crippen molar-refractivity contribution in [2.24, 2.45) is 0 Å². The lowest BCUT2D eigenvalue weighted by molar-refractivity contribution is -0.136. The molecule has 0 unspecified atom stereocenters. The second-order valence-corrected chi connectivity index (χ2v) is 2.67. The highest BCUT2D eigenvalue weighted by Gasteiger charge is 2.15. The summed E-state index contributed by atoms with van der Waals surface area (Å²) < 4.78 is 0. The third-order valence-electron chi connectivity index (χ3n) is 1.26. The average molecular weight is 235 g/mol. The second-order valence-electron chi connectivity index (χ2n) is 2.67. The molecule has 16 heavy (non-hydrogen) atoms. The van der Waals surface area contributed by atoms with E-state index in [4.69, 9.17) is 15.3 Å². The van der Waals surface area contributed by atoms with Gasteiger partial charge in [0.25, 0.3) is 0 Å². The lowest BCUT2D eigenvalue weighted by Crippen LogP contribution is -2.18. The minimum absolute atomic E-state index is 0.125. The molecule has 0 bridgehead atoms. The van der Waals surface area contributed by atoms with Crippen LogP contribution in [0.25, 0.3) is 0 Å². The fourth-order valence-electron chi connectivity index (χ4n) is 0.508. The van der Waals surface area contributed by atoms with Crippen LogP contribution >= 0.6 is 0 Å². The van der Waals surface area contributed by atoms with E-state index >= 15 is 0 Å². The molecular formula is C9H17NO6. The fourth-order valence-corrected chi connectivity index (χ4v) is 0.508. The second kappa shape index (κ2) is 11.6. The maximum absolute atomic E-state index is 10.1. The minimum Gasteiger partial charge on any atom is -0.481 e. The standard InChI is InChI=1S/C4H5NO2.C3H6O2.C2H6O2/c6-3-1-2-4(7)5-3;1-2-3(4)5;3-1-2-4/h1-2H2,(H,5,6,7);2H2,1H3,(H,4,5);3-4H,1-2H2. The van der Waals surface area contributed by atoms with Crippen LogP contribution < -0.4 is 5.32 Å². The van der Waals surface area contributed by atoms with E-state index in [1.165, 1.54) is 0 Å². The monoisotopic (exact) mass is 235 g/mol. The Kier molecular flexibility index (Phi) is 12.3. The van der Waals surface area contributed by atoms with Gasteiger partial charge in [-0.15, -0.1) is 0 Å². The molecule has 1 fully saturated rings. The topological polar surface area (TPSA) is 124 Å². The Bertz CT molecular complexity index is 212. The molecule has 0 saturated carbocycles. The number of aliphatic carboxylic acids is 1. The Balaban J connectivity index is 0. The van der Waals surface area contributed by atoms with E-state index in [-0.39, 0.29) is 31.4 Å². The summed E-state index contributed by atoms with van der Waals surface area (Å²) in [4.78, 5) is 29.6. The number of hydrogen-bond acceptors (Lipinski definition) is 5. The minimum atomic E-state index is -0.745. The first kappa shape index (κ1) is 16.9. The maximum Gasteiger partial charge on any atom is 0.303 e. The predicted molar refractivity (Wildman–Crippen MR) is 54.5 cm³/mol. The Labute approximate surface area is 93.1 Å². The van der Waals surface area contributed by atoms with Gasteiger partial charge in [0.05, 0.1) is 13.2 Å². The number of rotatable bonds is 2. The number of carboxylic acid groups (broad SMARTS) is 1. The van der Waals surface area contributed by atoms with Crippen molar-refractivity contribution in [1.82, 2.24) is 5.32 Å². The first-order valence-corrected chi connectivity index (χ1v) is 4.74. The molecule has 4 N–H and O–H groups in total. The first-order valence-electron chi connectivity index (χ1n) is 4.74. The number of carbonyl (C=O) groups is 3. The summed E-state index contributed by atoms with van der Waals surface area (Å²) in [5.41, 5.74) is 0. The number of hydrogen-bond donors (Lipinski definition) is 4. The molecule has 0 spiro atoms. The van der Waals surface area contributed by atoms with Gasteiger partial charge in [-0.1, -0.05) is 6.92 Å². The lowest BCUT2D eigenvalue weighted by atomic mass is 10.4. The highest BCUT2D eigenvalue weighted by atomic mass is 16.4. The number of carbonyl (C=O) groups excluding carboxylic acids is 2. The maximum atomic E-state index is 10.1. The molecule has 1 saturated heterocycles. The van der Waals surface area contributed by atoms with Crippen molar-refractivity contribution in [2.45, 2.75) is 26.2 Å². The smallest absolute Gasteiger partial charge is 0.303 e. The molecule has 2 amide bonds. The summed E-state index contributed by atoms with van der Waals surface area (Å²) in [6.07, 6.45) is 0.970. The van der Waals surface area contributed by atoms with Crippen LogP contribution in [-0.2, 0) is 14.4 Å². The van der Waals surface area contributed by atoms with Gasteiger partial charge in [0.1, 0.15) is 0 Å². The van der Waals surface area contributed by atoms with E-state index in [2.05, 4.69) is 5.32 Å². The predicted octanol–water partition coefficient (Wildman–Crippen LogP) is -1.12. The summed E-state index contributed by atoms with van der Waals surface area (Å²) in [7, 11) is 0. The van der Waals surface area contributed by atoms with Gasteiger partial charge in [-0.25, -0.2) is 0 Å². The summed E-state index contributed by atoms with van der Waals surface area (Å²) in [5, 5.41) is 25.1. The molecule has 0 aromatic rings. The number of amides is 2. The highest BCUT2D eigenvalue weighted by molar-refractivity contribution is 6.01. The quantitative estimate of drug-likeness (QED) is 0.449. The summed E-state index contributed by atoms with van der Waals surface area (Å²) in [6, 6.07) is 0. The Morgan fingerprint density at radius 1 is 1.19 bits per heavy atom. The third-order valence-corrected chi connectivity index (χ3v) is 1.26. The molecule has 1 aliphatic heterocycles. The van der Waals surface area contributed by atoms with Crippen LogP contribution in [0.15, 0.2) is 0 Å². The van der Waals surface area contributed by atoms with Gasteiger partial charge in [0, 0.05) is 19.3 Å². The van der Waals surface area contributed by atoms with Crippen molar-refractivity contribution in [1.29, 1.82) is 0 Å². The number of carboxylic acids is 1. The SMILES string of the molecule is CCC(=O)O.O=C1CCC(=O)N1.OCCO. The molecule has 7 heteroatoms. The molecule has 1 heterocycles. The van der Waals surface area contributed by atoms with E-state index in [1.54, 1.807) is 6.92 Å². The van der Waals surface area contributed by atoms with Crippen molar-refractivity contribution in [3.8, 4) is 0 Å². The zero-order chi connectivity index (χ0) is 13.0. The number of imide groups is 1. The molecule has 0 aliphatic carbocycles. The van der Waals surface area contributed by atoms with E-state index < -0.39 is 5.97 Å². The number of aliphatic hydroxyl groups is 2. The average Bonchev–Trinajstić information content (AvgIpc) is 2.63. The highest BCUT2D eigenvalue weighted by Crippen LogP contribution is 1.95. The lowest BCUT2D eigenvalue weighted by Gasteiger charge is -1.79. The molecular weight excluding hydrogens is 218 g/mol. The van der Waals surface area contributed by atoms with Crippen LogP contribution in [0.2, 0.25) is 0 Å². The van der Waals surface area contributed by atoms with Gasteiger partial charge in [-0.2, -0.15) is 0 Å². The van der Waals surface area contributed by atoms with E-state index in [9.17, 15) is 14.4 Å².